The third-order valence-corrected chi connectivity index (χ3v) is 4.45. The first-order chi connectivity index (χ1) is 12.2. The van der Waals surface area contributed by atoms with Gasteiger partial charge in [-0.3, -0.25) is 0 Å². The van der Waals surface area contributed by atoms with Gasteiger partial charge in [0.25, 0.3) is 0 Å². The third-order valence-electron chi connectivity index (χ3n) is 3.58. The average Bonchev–Trinajstić information content (AvgIpc) is 2.53. The maximum absolute atomic E-state index is 6.46. The standard InChI is InChI=1S/C20H24Cl3NO2/c1-5-25-18-9-13(11-24-20(2,3)4)8-17(23)19(18)26-12-14-6-7-15(21)10-16(14)22/h6-10,24H,5,11-12H2,1-4H3. The Morgan fingerprint density at radius 2 is 1.69 bits per heavy atom. The number of hydrogen-bond donors (Lipinski definition) is 1. The highest BCUT2D eigenvalue weighted by Crippen LogP contribution is 2.37. The largest absolute Gasteiger partial charge is 0.490 e. The molecule has 0 fully saturated rings. The fraction of sp³-hybridized carbons (Fsp3) is 0.400. The minimum Gasteiger partial charge on any atom is -0.490 e. The predicted molar refractivity (Wildman–Crippen MR) is 110 cm³/mol. The highest BCUT2D eigenvalue weighted by Gasteiger charge is 2.15. The Bertz CT molecular complexity index is 757. The van der Waals surface area contributed by atoms with Gasteiger partial charge in [-0.1, -0.05) is 40.9 Å². The maximum Gasteiger partial charge on any atom is 0.180 e. The molecule has 0 saturated carbocycles. The molecule has 0 aliphatic rings. The molecule has 26 heavy (non-hydrogen) atoms. The van der Waals surface area contributed by atoms with Gasteiger partial charge in [0.05, 0.1) is 11.6 Å². The number of nitrogens with one attached hydrogen (secondary N) is 1. The number of ether oxygens (including phenoxy) is 2. The zero-order chi connectivity index (χ0) is 19.3. The van der Waals surface area contributed by atoms with Crippen molar-refractivity contribution in [2.24, 2.45) is 0 Å². The molecule has 0 aromatic heterocycles. The van der Waals surface area contributed by atoms with E-state index < -0.39 is 0 Å². The monoisotopic (exact) mass is 415 g/mol. The number of benzene rings is 2. The quantitative estimate of drug-likeness (QED) is 0.558. The second-order valence-corrected chi connectivity index (χ2v) is 8.22. The van der Waals surface area contributed by atoms with Crippen LogP contribution in [-0.2, 0) is 13.2 Å². The minimum atomic E-state index is 0.0127. The van der Waals surface area contributed by atoms with E-state index in [-0.39, 0.29) is 12.1 Å². The van der Waals surface area contributed by atoms with Crippen LogP contribution in [-0.4, -0.2) is 12.1 Å². The Balaban J connectivity index is 2.20. The third kappa shape index (κ3) is 6.24. The van der Waals surface area contributed by atoms with Gasteiger partial charge in [0.2, 0.25) is 0 Å². The molecule has 142 valence electrons. The van der Waals surface area contributed by atoms with E-state index in [1.165, 1.54) is 0 Å². The van der Waals surface area contributed by atoms with Gasteiger partial charge in [0.15, 0.2) is 11.5 Å². The summed E-state index contributed by atoms with van der Waals surface area (Å²) in [6.45, 7) is 9.75. The van der Waals surface area contributed by atoms with Crippen LogP contribution in [0, 0.1) is 0 Å². The highest BCUT2D eigenvalue weighted by atomic mass is 35.5. The molecule has 6 heteroatoms. The zero-order valence-electron chi connectivity index (χ0n) is 15.5. The van der Waals surface area contributed by atoms with Crippen molar-refractivity contribution >= 4 is 34.8 Å². The summed E-state index contributed by atoms with van der Waals surface area (Å²) in [5.41, 5.74) is 1.87. The molecular weight excluding hydrogens is 393 g/mol. The Hall–Kier alpha value is -1.13. The van der Waals surface area contributed by atoms with E-state index in [4.69, 9.17) is 44.3 Å². The molecule has 0 radical (unpaired) electrons. The maximum atomic E-state index is 6.46. The Kier molecular flexibility index (Phi) is 7.48. The zero-order valence-corrected chi connectivity index (χ0v) is 17.7. The molecule has 1 N–H and O–H groups in total. The van der Waals surface area contributed by atoms with Crippen LogP contribution in [0.25, 0.3) is 0 Å². The second kappa shape index (κ2) is 9.18. The van der Waals surface area contributed by atoms with Crippen LogP contribution >= 0.6 is 34.8 Å². The van der Waals surface area contributed by atoms with Gasteiger partial charge in [-0.2, -0.15) is 0 Å². The van der Waals surface area contributed by atoms with Gasteiger partial charge in [-0.15, -0.1) is 0 Å². The van der Waals surface area contributed by atoms with Gasteiger partial charge in [-0.05, 0) is 57.5 Å². The molecule has 0 spiro atoms. The molecule has 0 aliphatic heterocycles. The van der Waals surface area contributed by atoms with E-state index in [9.17, 15) is 0 Å². The lowest BCUT2D eigenvalue weighted by molar-refractivity contribution is 0.269. The number of hydrogen-bond acceptors (Lipinski definition) is 3. The van der Waals surface area contributed by atoms with Crippen molar-refractivity contribution in [2.45, 2.75) is 46.4 Å². The van der Waals surface area contributed by atoms with Crippen molar-refractivity contribution in [3.63, 3.8) is 0 Å². The van der Waals surface area contributed by atoms with Crippen LogP contribution in [0.5, 0.6) is 11.5 Å². The molecule has 0 atom stereocenters. The lowest BCUT2D eigenvalue weighted by Crippen LogP contribution is -2.35. The van der Waals surface area contributed by atoms with Gasteiger partial charge in [0, 0.05) is 27.7 Å². The Morgan fingerprint density at radius 3 is 2.31 bits per heavy atom. The second-order valence-electron chi connectivity index (χ2n) is 6.97. The molecule has 3 nitrogen and oxygen atoms in total. The minimum absolute atomic E-state index is 0.0127. The van der Waals surface area contributed by atoms with Gasteiger partial charge < -0.3 is 14.8 Å². The fourth-order valence-corrected chi connectivity index (χ4v) is 3.03. The lowest BCUT2D eigenvalue weighted by atomic mass is 10.1. The van der Waals surface area contributed by atoms with Crippen molar-refractivity contribution in [2.75, 3.05) is 6.61 Å². The summed E-state index contributed by atoms with van der Waals surface area (Å²) in [5.74, 6) is 1.13. The van der Waals surface area contributed by atoms with Gasteiger partial charge in [-0.25, -0.2) is 0 Å². The van der Waals surface area contributed by atoms with Crippen molar-refractivity contribution in [1.82, 2.24) is 5.32 Å². The molecular formula is C20H24Cl3NO2. The van der Waals surface area contributed by atoms with E-state index >= 15 is 0 Å². The van der Waals surface area contributed by atoms with E-state index in [0.717, 1.165) is 11.1 Å². The molecule has 0 unspecified atom stereocenters. The Labute approximate surface area is 170 Å². The molecule has 2 aromatic rings. The number of rotatable bonds is 7. The summed E-state index contributed by atoms with van der Waals surface area (Å²) in [6.07, 6.45) is 0. The SMILES string of the molecule is CCOc1cc(CNC(C)(C)C)cc(Cl)c1OCc1ccc(Cl)cc1Cl. The molecule has 0 amide bonds. The first-order valence-electron chi connectivity index (χ1n) is 8.46. The summed E-state index contributed by atoms with van der Waals surface area (Å²) in [4.78, 5) is 0. The van der Waals surface area contributed by atoms with Crippen LogP contribution in [0.15, 0.2) is 30.3 Å². The van der Waals surface area contributed by atoms with Crippen LogP contribution in [0.4, 0.5) is 0 Å². The molecule has 0 aliphatic carbocycles. The van der Waals surface area contributed by atoms with E-state index in [1.54, 1.807) is 12.1 Å². The molecule has 0 bridgehead atoms. The van der Waals surface area contributed by atoms with Crippen molar-refractivity contribution < 1.29 is 9.47 Å². The number of halogens is 3. The van der Waals surface area contributed by atoms with Crippen LogP contribution in [0.1, 0.15) is 38.8 Å². The summed E-state index contributed by atoms with van der Waals surface area (Å²) in [6, 6.07) is 9.14. The van der Waals surface area contributed by atoms with Gasteiger partial charge >= 0.3 is 0 Å². The molecule has 0 heterocycles. The van der Waals surface area contributed by atoms with Crippen molar-refractivity contribution in [3.8, 4) is 11.5 Å². The van der Waals surface area contributed by atoms with Gasteiger partial charge in [0.1, 0.15) is 6.61 Å². The molecule has 0 saturated heterocycles. The summed E-state index contributed by atoms with van der Waals surface area (Å²) >= 11 is 18.6. The van der Waals surface area contributed by atoms with Crippen molar-refractivity contribution in [3.05, 3.63) is 56.5 Å². The van der Waals surface area contributed by atoms with Crippen molar-refractivity contribution in [1.29, 1.82) is 0 Å². The Morgan fingerprint density at radius 1 is 0.962 bits per heavy atom. The van der Waals surface area contributed by atoms with E-state index in [2.05, 4.69) is 26.1 Å². The normalized spacial score (nSPS) is 11.5. The first kappa shape index (κ1) is 21.2. The summed E-state index contributed by atoms with van der Waals surface area (Å²) in [7, 11) is 0. The van der Waals surface area contributed by atoms with E-state index in [1.807, 2.05) is 25.1 Å². The predicted octanol–water partition coefficient (Wildman–Crippen LogP) is 6.51. The van der Waals surface area contributed by atoms with Crippen LogP contribution in [0.3, 0.4) is 0 Å². The highest BCUT2D eigenvalue weighted by molar-refractivity contribution is 6.35. The lowest BCUT2D eigenvalue weighted by Gasteiger charge is -2.21. The van der Waals surface area contributed by atoms with Crippen LogP contribution in [0.2, 0.25) is 15.1 Å². The van der Waals surface area contributed by atoms with E-state index in [0.29, 0.717) is 39.7 Å². The smallest absolute Gasteiger partial charge is 0.180 e. The summed E-state index contributed by atoms with van der Waals surface area (Å²) < 4.78 is 11.7. The topological polar surface area (TPSA) is 30.5 Å². The van der Waals surface area contributed by atoms with Crippen LogP contribution < -0.4 is 14.8 Å². The average molecular weight is 417 g/mol. The molecule has 2 rings (SSSR count). The first-order valence-corrected chi connectivity index (χ1v) is 9.60. The summed E-state index contributed by atoms with van der Waals surface area (Å²) in [5, 5.41) is 5.09. The molecule has 2 aromatic carbocycles. The fourth-order valence-electron chi connectivity index (χ4n) is 2.28.